The average molecular weight is 346 g/mol. The van der Waals surface area contributed by atoms with Gasteiger partial charge in [-0.05, 0) is 51.9 Å². The van der Waals surface area contributed by atoms with Gasteiger partial charge in [0.1, 0.15) is 0 Å². The molecule has 3 heterocycles. The molecule has 3 aliphatic rings. The largest absolute Gasteiger partial charge is 0.338 e. The molecule has 7 heteroatoms. The van der Waals surface area contributed by atoms with Crippen molar-refractivity contribution in [2.75, 3.05) is 6.54 Å². The van der Waals surface area contributed by atoms with E-state index in [1.54, 1.807) is 0 Å². The third-order valence-corrected chi connectivity index (χ3v) is 6.16. The molecule has 4 rings (SSSR count). The fourth-order valence-corrected chi connectivity index (χ4v) is 4.38. The number of hydrogen-bond acceptors (Lipinski definition) is 5. The Morgan fingerprint density at radius 1 is 1.24 bits per heavy atom. The molecule has 3 atom stereocenters. The number of hydrazine groups is 1. The normalized spacial score (nSPS) is 32.5. The van der Waals surface area contributed by atoms with E-state index in [2.05, 4.69) is 46.1 Å². The highest BCUT2D eigenvalue weighted by atomic mass is 16.2. The molecule has 2 unspecified atom stereocenters. The molecule has 7 nitrogen and oxygen atoms in total. The highest BCUT2D eigenvalue weighted by Gasteiger charge is 2.33. The van der Waals surface area contributed by atoms with Crippen LogP contribution in [0.5, 0.6) is 0 Å². The van der Waals surface area contributed by atoms with Gasteiger partial charge in [-0.1, -0.05) is 5.21 Å². The molecule has 0 spiro atoms. The fraction of sp³-hybridized carbons (Fsp3) is 0.833. The van der Waals surface area contributed by atoms with E-state index >= 15 is 0 Å². The number of hydrogen-bond donors (Lipinski definition) is 2. The third kappa shape index (κ3) is 3.72. The smallest absolute Gasteiger partial charge is 0.222 e. The van der Waals surface area contributed by atoms with E-state index in [-0.39, 0.29) is 6.04 Å². The Hall–Kier alpha value is -1.47. The molecule has 2 N–H and O–H groups in total. The molecular formula is C18H30N6O. The predicted octanol–water partition coefficient (Wildman–Crippen LogP) is 1.43. The molecule has 3 fully saturated rings. The van der Waals surface area contributed by atoms with Gasteiger partial charge in [-0.15, -0.1) is 5.10 Å². The van der Waals surface area contributed by atoms with E-state index in [9.17, 15) is 4.79 Å². The monoisotopic (exact) mass is 346 g/mol. The number of nitrogens with zero attached hydrogens (tertiary/aromatic N) is 4. The Kier molecular flexibility index (Phi) is 4.78. The first-order valence-corrected chi connectivity index (χ1v) is 9.82. The van der Waals surface area contributed by atoms with Crippen molar-refractivity contribution in [1.82, 2.24) is 30.7 Å². The van der Waals surface area contributed by atoms with Crippen LogP contribution in [0.15, 0.2) is 6.20 Å². The zero-order valence-electron chi connectivity index (χ0n) is 15.3. The molecule has 0 bridgehead atoms. The van der Waals surface area contributed by atoms with E-state index < -0.39 is 0 Å². The van der Waals surface area contributed by atoms with Gasteiger partial charge < -0.3 is 4.90 Å². The maximum Gasteiger partial charge on any atom is 0.222 e. The molecule has 1 saturated carbocycles. The van der Waals surface area contributed by atoms with E-state index in [0.717, 1.165) is 38.0 Å². The molecule has 1 aliphatic carbocycles. The maximum atomic E-state index is 12.8. The van der Waals surface area contributed by atoms with Crippen molar-refractivity contribution in [2.45, 2.75) is 83.0 Å². The lowest BCUT2D eigenvalue weighted by molar-refractivity contribution is -0.132. The van der Waals surface area contributed by atoms with Crippen LogP contribution in [-0.4, -0.2) is 50.5 Å². The number of aromatic nitrogens is 3. The summed E-state index contributed by atoms with van der Waals surface area (Å²) in [6, 6.07) is 1.12. The minimum Gasteiger partial charge on any atom is -0.338 e. The quantitative estimate of drug-likeness (QED) is 0.815. The molecule has 1 aromatic heterocycles. The summed E-state index contributed by atoms with van der Waals surface area (Å²) in [5, 5.41) is 8.57. The summed E-state index contributed by atoms with van der Waals surface area (Å²) in [4.78, 5) is 14.9. The van der Waals surface area contributed by atoms with E-state index in [1.807, 2.05) is 4.68 Å². The number of nitrogens with one attached hydrogen (secondary N) is 2. The van der Waals surface area contributed by atoms with Crippen LogP contribution in [0.4, 0.5) is 0 Å². The molecule has 25 heavy (non-hydrogen) atoms. The lowest BCUT2D eigenvalue weighted by Crippen LogP contribution is -2.38. The van der Waals surface area contributed by atoms with Crippen LogP contribution >= 0.6 is 0 Å². The van der Waals surface area contributed by atoms with Crippen molar-refractivity contribution in [3.63, 3.8) is 0 Å². The van der Waals surface area contributed by atoms with Crippen LogP contribution < -0.4 is 10.9 Å². The summed E-state index contributed by atoms with van der Waals surface area (Å²) in [6.45, 7) is 6.05. The second kappa shape index (κ2) is 7.03. The second-order valence-corrected chi connectivity index (χ2v) is 8.09. The first-order valence-electron chi connectivity index (χ1n) is 9.82. The number of likely N-dealkylation sites (tertiary alicyclic amines) is 1. The first-order chi connectivity index (χ1) is 12.1. The van der Waals surface area contributed by atoms with Crippen molar-refractivity contribution in [2.24, 2.45) is 5.92 Å². The van der Waals surface area contributed by atoms with E-state index in [1.165, 1.54) is 12.8 Å². The maximum absolute atomic E-state index is 12.8. The Morgan fingerprint density at radius 3 is 2.72 bits per heavy atom. The fourth-order valence-electron chi connectivity index (χ4n) is 4.38. The zero-order valence-corrected chi connectivity index (χ0v) is 15.3. The van der Waals surface area contributed by atoms with Crippen LogP contribution in [0.1, 0.15) is 64.0 Å². The Balaban J connectivity index is 1.31. The van der Waals surface area contributed by atoms with Gasteiger partial charge in [-0.25, -0.2) is 0 Å². The molecule has 1 amide bonds. The van der Waals surface area contributed by atoms with Gasteiger partial charge in [0.05, 0.1) is 18.3 Å². The van der Waals surface area contributed by atoms with Crippen LogP contribution in [0.2, 0.25) is 0 Å². The summed E-state index contributed by atoms with van der Waals surface area (Å²) < 4.78 is 1.94. The molecule has 0 radical (unpaired) electrons. The average Bonchev–Trinajstić information content (AvgIpc) is 3.01. The minimum absolute atomic E-state index is 0.274. The standard InChI is InChI=1S/C18H30N6O/c1-12-16(13(2)20-19-12)7-8-18(25)24-9-3-4-15(24)10-23-11-17(21-22-23)14-5-6-14/h11-16,19-20H,3-10H2,1-2H3/t12?,13?,15-,16?/m0/s1. The summed E-state index contributed by atoms with van der Waals surface area (Å²) in [5.74, 6) is 1.45. The number of amides is 1. The van der Waals surface area contributed by atoms with Gasteiger partial charge in [0, 0.05) is 37.2 Å². The first kappa shape index (κ1) is 17.0. The van der Waals surface area contributed by atoms with Crippen LogP contribution in [0, 0.1) is 5.92 Å². The number of carbonyl (C=O) groups excluding carboxylic acids is 1. The van der Waals surface area contributed by atoms with E-state index in [0.29, 0.717) is 36.2 Å². The molecule has 2 aliphatic heterocycles. The highest BCUT2D eigenvalue weighted by molar-refractivity contribution is 5.76. The lowest BCUT2D eigenvalue weighted by atomic mass is 9.91. The molecule has 1 aromatic rings. The summed E-state index contributed by atoms with van der Waals surface area (Å²) in [5.41, 5.74) is 7.68. The van der Waals surface area contributed by atoms with E-state index in [4.69, 9.17) is 0 Å². The molecular weight excluding hydrogens is 316 g/mol. The van der Waals surface area contributed by atoms with Crippen molar-refractivity contribution >= 4 is 5.91 Å². The van der Waals surface area contributed by atoms with Crippen LogP contribution in [-0.2, 0) is 11.3 Å². The van der Waals surface area contributed by atoms with Crippen molar-refractivity contribution in [1.29, 1.82) is 0 Å². The van der Waals surface area contributed by atoms with Gasteiger partial charge in [0.25, 0.3) is 0 Å². The summed E-state index contributed by atoms with van der Waals surface area (Å²) in [7, 11) is 0. The van der Waals surface area contributed by atoms with Gasteiger partial charge >= 0.3 is 0 Å². The van der Waals surface area contributed by atoms with Gasteiger partial charge in [0.2, 0.25) is 5.91 Å². The van der Waals surface area contributed by atoms with Crippen molar-refractivity contribution < 1.29 is 4.79 Å². The summed E-state index contributed by atoms with van der Waals surface area (Å²) >= 11 is 0. The number of carbonyl (C=O) groups is 1. The topological polar surface area (TPSA) is 75.1 Å². The number of rotatable bonds is 6. The minimum atomic E-state index is 0.274. The third-order valence-electron chi connectivity index (χ3n) is 6.16. The van der Waals surface area contributed by atoms with Crippen LogP contribution in [0.25, 0.3) is 0 Å². The molecule has 0 aromatic carbocycles. The molecule has 138 valence electrons. The predicted molar refractivity (Wildman–Crippen MR) is 94.7 cm³/mol. The lowest BCUT2D eigenvalue weighted by Gasteiger charge is -2.26. The SMILES string of the molecule is CC1NNC(C)C1CCC(=O)N1CCC[C@H]1Cn1cc(C2CC2)nn1. The van der Waals surface area contributed by atoms with Crippen LogP contribution in [0.3, 0.4) is 0 Å². The Labute approximate surface area is 149 Å². The molecule has 2 saturated heterocycles. The highest BCUT2D eigenvalue weighted by Crippen LogP contribution is 2.38. The Bertz CT molecular complexity index is 602. The van der Waals surface area contributed by atoms with Gasteiger partial charge in [-0.3, -0.25) is 20.3 Å². The van der Waals surface area contributed by atoms with Gasteiger partial charge in [0.15, 0.2) is 0 Å². The Morgan fingerprint density at radius 2 is 2.00 bits per heavy atom. The summed E-state index contributed by atoms with van der Waals surface area (Å²) in [6.07, 6.45) is 8.33. The zero-order chi connectivity index (χ0) is 17.4. The van der Waals surface area contributed by atoms with Crippen molar-refractivity contribution in [3.8, 4) is 0 Å². The van der Waals surface area contributed by atoms with Gasteiger partial charge in [-0.2, -0.15) is 0 Å². The van der Waals surface area contributed by atoms with Crippen molar-refractivity contribution in [3.05, 3.63) is 11.9 Å². The second-order valence-electron chi connectivity index (χ2n) is 8.09.